The summed E-state index contributed by atoms with van der Waals surface area (Å²) in [4.78, 5) is 44.7. The van der Waals surface area contributed by atoms with Gasteiger partial charge in [0.15, 0.2) is 0 Å². The number of nitrogens with one attached hydrogen (secondary N) is 4. The van der Waals surface area contributed by atoms with Crippen molar-refractivity contribution in [1.29, 1.82) is 0 Å². The van der Waals surface area contributed by atoms with Crippen molar-refractivity contribution in [3.63, 3.8) is 0 Å². The van der Waals surface area contributed by atoms with Gasteiger partial charge in [0.25, 0.3) is 0 Å². The Bertz CT molecular complexity index is 1710. The fourth-order valence-electron chi connectivity index (χ4n) is 5.86. The number of carbonyl (C=O) groups excluding carboxylic acids is 3. The third-order valence-corrected chi connectivity index (χ3v) is 9.40. The number of piperazine rings is 1. The number of carbonyl (C=O) groups is 3. The van der Waals surface area contributed by atoms with Crippen LogP contribution in [0.3, 0.4) is 0 Å². The van der Waals surface area contributed by atoms with Crippen LogP contribution in [0.25, 0.3) is 0 Å². The van der Waals surface area contributed by atoms with E-state index in [0.717, 1.165) is 33.5 Å². The fourth-order valence-corrected chi connectivity index (χ4v) is 7.33. The van der Waals surface area contributed by atoms with Crippen LogP contribution in [-0.2, 0) is 39.1 Å². The molecule has 2 saturated heterocycles. The lowest BCUT2D eigenvalue weighted by Gasteiger charge is -2.44. The molecule has 0 aliphatic carbocycles. The summed E-state index contributed by atoms with van der Waals surface area (Å²) in [7, 11) is -3.45. The van der Waals surface area contributed by atoms with E-state index in [9.17, 15) is 22.8 Å². The Kier molecular flexibility index (Phi) is 8.59. The minimum absolute atomic E-state index is 0.0912. The average molecular weight is 651 g/mol. The number of anilines is 2. The lowest BCUT2D eigenvalue weighted by atomic mass is 9.99. The lowest BCUT2D eigenvalue weighted by molar-refractivity contribution is -0.154. The van der Waals surface area contributed by atoms with Crippen LogP contribution in [0, 0.1) is 0 Å². The predicted molar refractivity (Wildman–Crippen MR) is 171 cm³/mol. The Labute approximate surface area is 265 Å². The number of nitrogens with zero attached hydrogens (tertiary/aromatic N) is 3. The van der Waals surface area contributed by atoms with Gasteiger partial charge >= 0.3 is 6.03 Å². The van der Waals surface area contributed by atoms with Gasteiger partial charge < -0.3 is 26.2 Å². The van der Waals surface area contributed by atoms with Gasteiger partial charge in [-0.15, -0.1) is 0 Å². The van der Waals surface area contributed by atoms with E-state index in [2.05, 4.69) is 20.8 Å². The molecule has 3 aliphatic heterocycles. The summed E-state index contributed by atoms with van der Waals surface area (Å²) < 4.78 is 25.7. The Morgan fingerprint density at radius 3 is 2.51 bits per heavy atom. The van der Waals surface area contributed by atoms with Crippen molar-refractivity contribution in [2.75, 3.05) is 29.4 Å². The molecule has 45 heavy (non-hydrogen) atoms. The van der Waals surface area contributed by atoms with E-state index in [-0.39, 0.29) is 43.4 Å². The van der Waals surface area contributed by atoms with E-state index in [4.69, 9.17) is 5.73 Å². The van der Waals surface area contributed by atoms with Crippen molar-refractivity contribution >= 4 is 51.0 Å². The molecular weight excluding hydrogens is 617 g/mol. The predicted octanol–water partition coefficient (Wildman–Crippen LogP) is 1.66. The molecule has 6 N–H and O–H groups in total. The molecular formula is C30H34N8O5S2. The Hall–Kier alpha value is -4.31. The number of rotatable bonds is 9. The number of thioether (sulfide) groups is 1. The standard InChI is InChI=1S/C30H34N8O5S2/c1-45(42,43)35-22-12-10-19(11-13-22)14-23-28(40)36(16-21-8-5-9-24-27(21)33-29(31)44-24)17-25-37(18-26(39)38(23)25)34-30(41)32-15-20-6-3-2-4-7-20/h2-13,23,25,29,33,35H,14-18,31H2,1H3,(H2,32,34,41)/t23-,25+,29?/m0/s1. The zero-order valence-electron chi connectivity index (χ0n) is 24.5. The normalized spacial score (nSPS) is 21.2. The van der Waals surface area contributed by atoms with Crippen LogP contribution in [-0.4, -0.2) is 78.1 Å². The van der Waals surface area contributed by atoms with E-state index < -0.39 is 28.3 Å². The van der Waals surface area contributed by atoms with Crippen molar-refractivity contribution in [3.05, 3.63) is 89.5 Å². The van der Waals surface area contributed by atoms with Gasteiger partial charge in [-0.1, -0.05) is 66.4 Å². The molecule has 2 fully saturated rings. The van der Waals surface area contributed by atoms with Crippen molar-refractivity contribution in [3.8, 4) is 0 Å². The maximum Gasteiger partial charge on any atom is 0.329 e. The smallest absolute Gasteiger partial charge is 0.329 e. The molecule has 0 radical (unpaired) electrons. The molecule has 15 heteroatoms. The molecule has 3 aliphatic rings. The number of hydrazine groups is 1. The van der Waals surface area contributed by atoms with Gasteiger partial charge in [0.1, 0.15) is 17.7 Å². The average Bonchev–Trinajstić information content (AvgIpc) is 3.53. The van der Waals surface area contributed by atoms with Crippen molar-refractivity contribution < 1.29 is 22.8 Å². The SMILES string of the molecule is CS(=O)(=O)Nc1ccc(C[C@H]2C(=O)N(Cc3cccc4c3NC(N)S4)C[C@@H]3N(NC(=O)NCc4ccccc4)CC(=O)N32)cc1. The highest BCUT2D eigenvalue weighted by Gasteiger charge is 2.50. The molecule has 3 heterocycles. The molecule has 236 valence electrons. The maximum atomic E-state index is 14.1. The molecule has 13 nitrogen and oxygen atoms in total. The van der Waals surface area contributed by atoms with Gasteiger partial charge in [0, 0.05) is 30.1 Å². The number of nitrogens with two attached hydrogens (primary N) is 1. The highest BCUT2D eigenvalue weighted by molar-refractivity contribution is 8.00. The van der Waals surface area contributed by atoms with Crippen molar-refractivity contribution in [2.45, 2.75) is 42.1 Å². The first-order chi connectivity index (χ1) is 21.5. The molecule has 4 amide bonds. The molecule has 3 aromatic carbocycles. The monoisotopic (exact) mass is 650 g/mol. The Balaban J connectivity index is 1.24. The summed E-state index contributed by atoms with van der Waals surface area (Å²) in [6.45, 7) is 0.682. The number of para-hydroxylation sites is 1. The highest BCUT2D eigenvalue weighted by atomic mass is 32.2. The number of fused-ring (bicyclic) bond motifs is 2. The Morgan fingerprint density at radius 2 is 1.78 bits per heavy atom. The van der Waals surface area contributed by atoms with Gasteiger partial charge in [0.05, 0.1) is 25.0 Å². The summed E-state index contributed by atoms with van der Waals surface area (Å²) in [6, 6.07) is 20.7. The molecule has 0 spiro atoms. The van der Waals surface area contributed by atoms with Gasteiger partial charge in [-0.3, -0.25) is 19.7 Å². The third kappa shape index (κ3) is 7.01. The van der Waals surface area contributed by atoms with E-state index in [1.165, 1.54) is 11.8 Å². The van der Waals surface area contributed by atoms with E-state index in [0.29, 0.717) is 12.2 Å². The number of hydrogen-bond donors (Lipinski definition) is 5. The van der Waals surface area contributed by atoms with E-state index >= 15 is 0 Å². The first-order valence-electron chi connectivity index (χ1n) is 14.4. The number of benzene rings is 3. The summed E-state index contributed by atoms with van der Waals surface area (Å²) in [5.41, 5.74) is 12.5. The fraction of sp³-hybridized carbons (Fsp3) is 0.300. The number of hydrogen-bond acceptors (Lipinski definition) is 9. The summed E-state index contributed by atoms with van der Waals surface area (Å²) in [6.07, 6.45) is 0.674. The molecule has 3 atom stereocenters. The highest BCUT2D eigenvalue weighted by Crippen LogP contribution is 2.39. The largest absolute Gasteiger partial charge is 0.360 e. The number of amides is 4. The van der Waals surface area contributed by atoms with Crippen LogP contribution >= 0.6 is 11.8 Å². The van der Waals surface area contributed by atoms with Crippen LogP contribution in [0.15, 0.2) is 77.7 Å². The second-order valence-corrected chi connectivity index (χ2v) is 14.1. The molecule has 0 saturated carbocycles. The molecule has 0 bridgehead atoms. The number of urea groups is 1. The van der Waals surface area contributed by atoms with E-state index in [1.807, 2.05) is 48.5 Å². The molecule has 3 aromatic rings. The second-order valence-electron chi connectivity index (χ2n) is 11.2. The first-order valence-corrected chi connectivity index (χ1v) is 17.1. The Morgan fingerprint density at radius 1 is 1.02 bits per heavy atom. The van der Waals surface area contributed by atoms with Gasteiger partial charge in [-0.2, -0.15) is 5.01 Å². The quantitative estimate of drug-likeness (QED) is 0.231. The van der Waals surface area contributed by atoms with Crippen LogP contribution in [0.5, 0.6) is 0 Å². The zero-order valence-corrected chi connectivity index (χ0v) is 26.1. The molecule has 6 rings (SSSR count). The third-order valence-electron chi connectivity index (χ3n) is 7.83. The van der Waals surface area contributed by atoms with Crippen LogP contribution in [0.2, 0.25) is 0 Å². The van der Waals surface area contributed by atoms with Crippen LogP contribution in [0.1, 0.15) is 16.7 Å². The van der Waals surface area contributed by atoms with Crippen LogP contribution < -0.4 is 26.5 Å². The summed E-state index contributed by atoms with van der Waals surface area (Å²) in [5, 5.41) is 7.68. The van der Waals surface area contributed by atoms with Crippen molar-refractivity contribution in [2.24, 2.45) is 5.73 Å². The molecule has 1 unspecified atom stereocenters. The first kappa shape index (κ1) is 30.7. The van der Waals surface area contributed by atoms with Gasteiger partial charge in [0.2, 0.25) is 21.8 Å². The van der Waals surface area contributed by atoms with Crippen LogP contribution in [0.4, 0.5) is 16.2 Å². The zero-order chi connectivity index (χ0) is 31.7. The minimum atomic E-state index is -3.45. The van der Waals surface area contributed by atoms with Gasteiger partial charge in [-0.25, -0.2) is 13.2 Å². The van der Waals surface area contributed by atoms with Crippen molar-refractivity contribution in [1.82, 2.24) is 25.6 Å². The van der Waals surface area contributed by atoms with Gasteiger partial charge in [-0.05, 0) is 34.9 Å². The summed E-state index contributed by atoms with van der Waals surface area (Å²) in [5.74, 6) is -0.498. The topological polar surface area (TPSA) is 169 Å². The van der Waals surface area contributed by atoms with E-state index in [1.54, 1.807) is 39.1 Å². The maximum absolute atomic E-state index is 14.1. The number of sulfonamides is 1. The lowest BCUT2D eigenvalue weighted by Crippen LogP contribution is -2.65. The molecule has 0 aromatic heterocycles. The minimum Gasteiger partial charge on any atom is -0.360 e. The second kappa shape index (κ2) is 12.6. The summed E-state index contributed by atoms with van der Waals surface area (Å²) >= 11 is 1.51.